The Morgan fingerprint density at radius 1 is 1.50 bits per heavy atom. The highest BCUT2D eigenvalue weighted by molar-refractivity contribution is 6.34. The van der Waals surface area contributed by atoms with E-state index in [2.05, 4.69) is 20.6 Å². The van der Waals surface area contributed by atoms with Crippen molar-refractivity contribution in [3.63, 3.8) is 0 Å². The topological polar surface area (TPSA) is 85.8 Å². The predicted octanol–water partition coefficient (Wildman–Crippen LogP) is 1.95. The van der Waals surface area contributed by atoms with Crippen LogP contribution in [0, 0.1) is 13.8 Å². The van der Waals surface area contributed by atoms with E-state index in [0.29, 0.717) is 23.2 Å². The van der Waals surface area contributed by atoms with Crippen LogP contribution in [-0.2, 0) is 7.05 Å². The minimum absolute atomic E-state index is 0.196. The quantitative estimate of drug-likeness (QED) is 0.932. The SMILES string of the molecule is CC[C@H](NC(=O)c1nn(C)c(C)c1Cl)c1nc(C)no1. The molecule has 2 heterocycles. The lowest BCUT2D eigenvalue weighted by Crippen LogP contribution is -2.29. The van der Waals surface area contributed by atoms with Gasteiger partial charge in [-0.25, -0.2) is 0 Å². The maximum Gasteiger partial charge on any atom is 0.274 e. The maximum atomic E-state index is 12.2. The van der Waals surface area contributed by atoms with E-state index in [1.54, 1.807) is 25.6 Å². The monoisotopic (exact) mass is 297 g/mol. The Labute approximate surface area is 121 Å². The average Bonchev–Trinajstić information content (AvgIpc) is 2.95. The summed E-state index contributed by atoms with van der Waals surface area (Å²) in [5.41, 5.74) is 0.930. The number of nitrogens with one attached hydrogen (secondary N) is 1. The molecule has 0 fully saturated rings. The summed E-state index contributed by atoms with van der Waals surface area (Å²) in [7, 11) is 1.73. The molecule has 1 amide bonds. The molecule has 20 heavy (non-hydrogen) atoms. The van der Waals surface area contributed by atoms with Gasteiger partial charge in [0.2, 0.25) is 5.89 Å². The lowest BCUT2D eigenvalue weighted by molar-refractivity contribution is 0.0921. The highest BCUT2D eigenvalue weighted by Crippen LogP contribution is 2.21. The first kappa shape index (κ1) is 14.5. The Bertz CT molecular complexity index is 634. The van der Waals surface area contributed by atoms with Crippen molar-refractivity contribution in [2.24, 2.45) is 7.05 Å². The molecule has 0 aliphatic heterocycles. The molecule has 0 unspecified atom stereocenters. The fraction of sp³-hybridized carbons (Fsp3) is 0.500. The fourth-order valence-electron chi connectivity index (χ4n) is 1.75. The van der Waals surface area contributed by atoms with E-state index in [4.69, 9.17) is 16.1 Å². The highest BCUT2D eigenvalue weighted by atomic mass is 35.5. The Hall–Kier alpha value is -1.89. The number of halogens is 1. The van der Waals surface area contributed by atoms with Crippen LogP contribution in [0.3, 0.4) is 0 Å². The molecule has 0 aliphatic rings. The molecule has 1 N–H and O–H groups in total. The van der Waals surface area contributed by atoms with Gasteiger partial charge in [0.15, 0.2) is 11.5 Å². The van der Waals surface area contributed by atoms with Crippen molar-refractivity contribution < 1.29 is 9.32 Å². The number of aromatic nitrogens is 4. The number of hydrogen-bond acceptors (Lipinski definition) is 5. The summed E-state index contributed by atoms with van der Waals surface area (Å²) in [4.78, 5) is 16.3. The molecule has 0 aliphatic carbocycles. The van der Waals surface area contributed by atoms with Crippen LogP contribution in [0.1, 0.15) is 47.3 Å². The van der Waals surface area contributed by atoms with E-state index >= 15 is 0 Å². The standard InChI is InChI=1S/C12H16ClN5O2/c1-5-8(12-14-7(3)17-20-12)15-11(19)10-9(13)6(2)18(4)16-10/h8H,5H2,1-4H3,(H,15,19)/t8-/m0/s1. The van der Waals surface area contributed by atoms with E-state index in [1.165, 1.54) is 0 Å². The van der Waals surface area contributed by atoms with E-state index in [-0.39, 0.29) is 17.6 Å². The second-order valence-electron chi connectivity index (χ2n) is 4.49. The number of amides is 1. The zero-order valence-electron chi connectivity index (χ0n) is 11.8. The van der Waals surface area contributed by atoms with Crippen LogP contribution in [0.15, 0.2) is 4.52 Å². The molecule has 1 atom stereocenters. The molecule has 7 nitrogen and oxygen atoms in total. The third kappa shape index (κ3) is 2.67. The molecule has 2 aromatic rings. The first-order valence-electron chi connectivity index (χ1n) is 6.24. The van der Waals surface area contributed by atoms with Crippen LogP contribution >= 0.6 is 11.6 Å². The second kappa shape index (κ2) is 5.62. The van der Waals surface area contributed by atoms with Gasteiger partial charge in [-0.3, -0.25) is 9.48 Å². The molecule has 0 saturated carbocycles. The molecule has 0 aromatic carbocycles. The second-order valence-corrected chi connectivity index (χ2v) is 4.86. The van der Waals surface area contributed by atoms with Gasteiger partial charge in [0.05, 0.1) is 10.7 Å². The zero-order valence-corrected chi connectivity index (χ0v) is 12.5. The largest absolute Gasteiger partial charge is 0.339 e. The summed E-state index contributed by atoms with van der Waals surface area (Å²) in [5, 5.41) is 11.0. The minimum atomic E-state index is -0.360. The molecule has 8 heteroatoms. The molecular weight excluding hydrogens is 282 g/mol. The van der Waals surface area contributed by atoms with Gasteiger partial charge in [0.1, 0.15) is 6.04 Å². The van der Waals surface area contributed by atoms with Crippen molar-refractivity contribution >= 4 is 17.5 Å². The Kier molecular flexibility index (Phi) is 4.08. The van der Waals surface area contributed by atoms with Gasteiger partial charge >= 0.3 is 0 Å². The van der Waals surface area contributed by atoms with Crippen molar-refractivity contribution in [2.75, 3.05) is 0 Å². The number of carbonyl (C=O) groups excluding carboxylic acids is 1. The van der Waals surface area contributed by atoms with E-state index in [9.17, 15) is 4.79 Å². The summed E-state index contributed by atoms with van der Waals surface area (Å²) in [6.45, 7) is 5.43. The first-order valence-corrected chi connectivity index (χ1v) is 6.62. The number of rotatable bonds is 4. The van der Waals surface area contributed by atoms with Crippen LogP contribution in [-0.4, -0.2) is 25.8 Å². The van der Waals surface area contributed by atoms with Crippen molar-refractivity contribution in [3.8, 4) is 0 Å². The molecule has 0 bridgehead atoms. The lowest BCUT2D eigenvalue weighted by atomic mass is 10.2. The number of hydrogen-bond donors (Lipinski definition) is 1. The summed E-state index contributed by atoms with van der Waals surface area (Å²) in [6, 6.07) is -0.359. The summed E-state index contributed by atoms with van der Waals surface area (Å²) in [6.07, 6.45) is 0.622. The Balaban J connectivity index is 2.19. The summed E-state index contributed by atoms with van der Waals surface area (Å²) in [5.74, 6) is 0.544. The number of aryl methyl sites for hydroxylation is 2. The minimum Gasteiger partial charge on any atom is -0.339 e. The normalized spacial score (nSPS) is 12.4. The third-order valence-electron chi connectivity index (χ3n) is 3.03. The van der Waals surface area contributed by atoms with Crippen LogP contribution < -0.4 is 5.32 Å². The molecule has 2 aromatic heterocycles. The fourth-order valence-corrected chi connectivity index (χ4v) is 1.99. The zero-order chi connectivity index (χ0) is 14.9. The maximum absolute atomic E-state index is 12.2. The number of carbonyl (C=O) groups is 1. The highest BCUT2D eigenvalue weighted by Gasteiger charge is 2.23. The molecule has 0 spiro atoms. The van der Waals surface area contributed by atoms with E-state index in [1.807, 2.05) is 6.92 Å². The van der Waals surface area contributed by atoms with Gasteiger partial charge in [-0.1, -0.05) is 23.7 Å². The van der Waals surface area contributed by atoms with Gasteiger partial charge < -0.3 is 9.84 Å². The smallest absolute Gasteiger partial charge is 0.274 e. The van der Waals surface area contributed by atoms with Crippen LogP contribution in [0.2, 0.25) is 5.02 Å². The Morgan fingerprint density at radius 3 is 2.65 bits per heavy atom. The Morgan fingerprint density at radius 2 is 2.20 bits per heavy atom. The van der Waals surface area contributed by atoms with Crippen LogP contribution in [0.4, 0.5) is 0 Å². The lowest BCUT2D eigenvalue weighted by Gasteiger charge is -2.11. The van der Waals surface area contributed by atoms with Gasteiger partial charge in [0.25, 0.3) is 5.91 Å². The van der Waals surface area contributed by atoms with Crippen LogP contribution in [0.25, 0.3) is 0 Å². The molecule has 108 valence electrons. The van der Waals surface area contributed by atoms with Crippen LogP contribution in [0.5, 0.6) is 0 Å². The van der Waals surface area contributed by atoms with Crippen molar-refractivity contribution in [2.45, 2.75) is 33.2 Å². The van der Waals surface area contributed by atoms with Gasteiger partial charge in [-0.15, -0.1) is 0 Å². The summed E-state index contributed by atoms with van der Waals surface area (Å²) < 4.78 is 6.64. The van der Waals surface area contributed by atoms with Crippen molar-refractivity contribution in [1.82, 2.24) is 25.2 Å². The van der Waals surface area contributed by atoms with E-state index in [0.717, 1.165) is 5.69 Å². The van der Waals surface area contributed by atoms with Gasteiger partial charge in [-0.2, -0.15) is 10.1 Å². The van der Waals surface area contributed by atoms with Crippen molar-refractivity contribution in [3.05, 3.63) is 28.1 Å². The predicted molar refractivity (Wildman–Crippen MR) is 72.5 cm³/mol. The molecular formula is C12H16ClN5O2. The summed E-state index contributed by atoms with van der Waals surface area (Å²) >= 11 is 6.09. The van der Waals surface area contributed by atoms with E-state index < -0.39 is 0 Å². The molecule has 2 rings (SSSR count). The molecule has 0 saturated heterocycles. The van der Waals surface area contributed by atoms with Gasteiger partial charge in [-0.05, 0) is 20.3 Å². The van der Waals surface area contributed by atoms with Crippen molar-refractivity contribution in [1.29, 1.82) is 0 Å². The average molecular weight is 298 g/mol. The first-order chi connectivity index (χ1) is 9.43. The number of nitrogens with zero attached hydrogens (tertiary/aromatic N) is 4. The van der Waals surface area contributed by atoms with Gasteiger partial charge in [0, 0.05) is 7.05 Å². The third-order valence-corrected chi connectivity index (χ3v) is 3.48. The molecule has 0 radical (unpaired) electrons.